The van der Waals surface area contributed by atoms with Gasteiger partial charge in [0.05, 0.1) is 36.7 Å². The first-order chi connectivity index (χ1) is 31.9. The minimum atomic E-state index is -0.580. The summed E-state index contributed by atoms with van der Waals surface area (Å²) in [6.07, 6.45) is 4.71. The molecule has 0 atom stereocenters. The van der Waals surface area contributed by atoms with Crippen LogP contribution in [0.5, 0.6) is 11.5 Å². The van der Waals surface area contributed by atoms with E-state index in [1.807, 2.05) is 27.7 Å². The molecule has 0 unspecified atom stereocenters. The Morgan fingerprint density at radius 3 is 1.39 bits per heavy atom. The minimum Gasteiger partial charge on any atom is -0.486 e. The van der Waals surface area contributed by atoms with Crippen LogP contribution < -0.4 is 9.47 Å². The van der Waals surface area contributed by atoms with Crippen LogP contribution >= 0.6 is 0 Å². The summed E-state index contributed by atoms with van der Waals surface area (Å²) in [6.45, 7) is 9.29. The normalized spacial score (nSPS) is 14.3. The molecule has 24 heteroatoms. The highest BCUT2D eigenvalue weighted by Gasteiger charge is 2.30. The Kier molecular flexibility index (Phi) is 14.7. The molecule has 2 amide bonds. The van der Waals surface area contributed by atoms with Crippen LogP contribution in [0.1, 0.15) is 88.0 Å². The van der Waals surface area contributed by atoms with Crippen LogP contribution in [0.25, 0.3) is 22.8 Å². The zero-order chi connectivity index (χ0) is 46.7. The van der Waals surface area contributed by atoms with E-state index in [1.165, 1.54) is 24.3 Å². The maximum Gasteiger partial charge on any atom is 0.410 e. The Bertz CT molecular complexity index is 2480. The fourth-order valence-electron chi connectivity index (χ4n) is 7.34. The summed E-state index contributed by atoms with van der Waals surface area (Å²) in [5.41, 5.74) is 2.76. The number of piperidine rings is 2. The van der Waals surface area contributed by atoms with Gasteiger partial charge in [-0.15, -0.1) is 20.4 Å². The van der Waals surface area contributed by atoms with Crippen LogP contribution in [0, 0.1) is 34.3 Å². The number of halogens is 2. The summed E-state index contributed by atoms with van der Waals surface area (Å²) < 4.78 is 54.0. The second-order valence-corrected chi connectivity index (χ2v) is 15.8. The van der Waals surface area contributed by atoms with Gasteiger partial charge in [-0.05, 0) is 100 Å². The summed E-state index contributed by atoms with van der Waals surface area (Å²) in [5, 5.41) is 55.0. The lowest BCUT2D eigenvalue weighted by Crippen LogP contribution is -2.40. The van der Waals surface area contributed by atoms with Gasteiger partial charge in [0.15, 0.2) is 23.1 Å². The van der Waals surface area contributed by atoms with Gasteiger partial charge in [-0.25, -0.2) is 18.4 Å². The van der Waals surface area contributed by atoms with Crippen LogP contribution in [0.15, 0.2) is 48.8 Å². The molecule has 22 nitrogen and oxygen atoms in total. The van der Waals surface area contributed by atoms with E-state index >= 15 is 0 Å². The molecule has 344 valence electrons. The number of benzene rings is 2. The molecular formula is C42H46F2N16O6. The van der Waals surface area contributed by atoms with E-state index in [-0.39, 0.29) is 72.8 Å². The summed E-state index contributed by atoms with van der Waals surface area (Å²) in [4.78, 5) is 27.5. The highest BCUT2D eigenvalue weighted by molar-refractivity contribution is 5.68. The van der Waals surface area contributed by atoms with Gasteiger partial charge in [-0.3, -0.25) is 9.36 Å². The number of carbonyl (C=O) groups is 2. The Hall–Kier alpha value is -8.02. The summed E-state index contributed by atoms with van der Waals surface area (Å²) in [5.74, 6) is -0.534. The molecule has 0 spiro atoms. The number of carbonyl (C=O) groups excluding carboxylic acids is 2. The van der Waals surface area contributed by atoms with Gasteiger partial charge in [0.25, 0.3) is 0 Å². The molecule has 0 saturated carbocycles. The number of tetrazole rings is 2. The van der Waals surface area contributed by atoms with Crippen molar-refractivity contribution in [2.24, 2.45) is 0 Å². The van der Waals surface area contributed by atoms with E-state index in [1.54, 1.807) is 43.7 Å². The van der Waals surface area contributed by atoms with Gasteiger partial charge < -0.3 is 28.7 Å². The topological polar surface area (TPSA) is 270 Å². The van der Waals surface area contributed by atoms with Crippen molar-refractivity contribution in [3.8, 4) is 46.4 Å². The average Bonchev–Trinajstić information content (AvgIpc) is 4.16. The van der Waals surface area contributed by atoms with Crippen molar-refractivity contribution in [1.29, 1.82) is 10.5 Å². The highest BCUT2D eigenvalue weighted by Crippen LogP contribution is 2.30. The third kappa shape index (κ3) is 11.0. The van der Waals surface area contributed by atoms with Crippen molar-refractivity contribution >= 4 is 12.2 Å². The molecule has 6 heterocycles. The first-order valence-electron chi connectivity index (χ1n) is 21.1. The summed E-state index contributed by atoms with van der Waals surface area (Å²) in [6, 6.07) is 13.0. The van der Waals surface area contributed by atoms with Gasteiger partial charge >= 0.3 is 12.2 Å². The lowest BCUT2D eigenvalue weighted by Gasteiger charge is -2.32. The van der Waals surface area contributed by atoms with Gasteiger partial charge in [0, 0.05) is 48.4 Å². The Morgan fingerprint density at radius 2 is 1.08 bits per heavy atom. The number of likely N-dealkylation sites (tertiary alicyclic amines) is 2. The van der Waals surface area contributed by atoms with Crippen molar-refractivity contribution in [2.45, 2.75) is 90.9 Å². The van der Waals surface area contributed by atoms with Crippen molar-refractivity contribution < 1.29 is 37.3 Å². The number of nitrogens with one attached hydrogen (secondary N) is 2. The zero-order valence-electron chi connectivity index (χ0n) is 36.5. The number of aromatic amines is 2. The second-order valence-electron chi connectivity index (χ2n) is 15.8. The van der Waals surface area contributed by atoms with E-state index in [4.69, 9.17) is 18.9 Å². The minimum absolute atomic E-state index is 0.0130. The zero-order valence-corrected chi connectivity index (χ0v) is 36.5. The van der Waals surface area contributed by atoms with E-state index in [9.17, 15) is 28.9 Å². The lowest BCUT2D eigenvalue weighted by atomic mass is 10.1. The number of nitrogens with zero attached hydrogens (tertiary/aromatic N) is 14. The van der Waals surface area contributed by atoms with Crippen LogP contribution in [-0.4, -0.2) is 121 Å². The molecule has 2 saturated heterocycles. The molecule has 2 aromatic carbocycles. The largest absolute Gasteiger partial charge is 0.486 e. The summed E-state index contributed by atoms with van der Waals surface area (Å²) in [7, 11) is 0. The Morgan fingerprint density at radius 1 is 0.682 bits per heavy atom. The number of hydrogen-bond donors (Lipinski definition) is 2. The number of aromatic nitrogens is 12. The molecule has 2 fully saturated rings. The molecule has 6 aromatic rings. The molecule has 0 radical (unpaired) electrons. The van der Waals surface area contributed by atoms with E-state index in [2.05, 4.69) is 63.6 Å². The number of amides is 2. The molecule has 2 aliphatic rings. The van der Waals surface area contributed by atoms with Crippen molar-refractivity contribution in [3.05, 3.63) is 82.9 Å². The molecule has 2 aliphatic heterocycles. The van der Waals surface area contributed by atoms with Crippen LogP contribution in [0.4, 0.5) is 18.4 Å². The number of nitriles is 2. The smallest absolute Gasteiger partial charge is 0.410 e. The standard InChI is InChI=1S/2C21H23FN8O3/c2*1-13(2)33-21(31)29-7-5-16(6-8-29)30-18(10-23)15(11-24-30)12-32-19-4-3-14(9-17(19)22)20-25-27-28-26-20/h2*3-4,9,11,13,16H,5-8,12H2,1-2H3,(H,25,26,27,28). The van der Waals surface area contributed by atoms with Crippen LogP contribution in [-0.2, 0) is 22.7 Å². The van der Waals surface area contributed by atoms with Crippen LogP contribution in [0.2, 0.25) is 0 Å². The molecular weight excluding hydrogens is 863 g/mol. The van der Waals surface area contributed by atoms with Gasteiger partial charge in [0.1, 0.15) is 36.7 Å². The van der Waals surface area contributed by atoms with Crippen LogP contribution in [0.3, 0.4) is 0 Å². The molecule has 66 heavy (non-hydrogen) atoms. The quantitative estimate of drug-likeness (QED) is 0.150. The third-order valence-corrected chi connectivity index (χ3v) is 10.6. The SMILES string of the molecule is CC(C)OC(=O)N1CCC(n2ncc(COc3ccc(-c4nn[nH]n4)cc3F)c2C#N)CC1.CC(C)OC(=O)N1CCC(n2ncc(COc3ccc(-c4nn[nH]n4)cc3F)c2C#N)CC1. The fourth-order valence-corrected chi connectivity index (χ4v) is 7.34. The fraction of sp³-hybridized carbons (Fsp3) is 0.429. The monoisotopic (exact) mass is 908 g/mol. The predicted octanol–water partition coefficient (Wildman–Crippen LogP) is 5.67. The van der Waals surface area contributed by atoms with Gasteiger partial charge in [-0.1, -0.05) is 0 Å². The third-order valence-electron chi connectivity index (χ3n) is 10.6. The first kappa shape index (κ1) is 46.0. The van der Waals surface area contributed by atoms with Gasteiger partial charge in [0.2, 0.25) is 11.6 Å². The summed E-state index contributed by atoms with van der Waals surface area (Å²) >= 11 is 0. The maximum absolute atomic E-state index is 14.5. The first-order valence-corrected chi connectivity index (χ1v) is 21.1. The Labute approximate surface area is 376 Å². The Balaban J connectivity index is 0.000000196. The molecule has 2 N–H and O–H groups in total. The van der Waals surface area contributed by atoms with Crippen molar-refractivity contribution in [1.82, 2.24) is 70.6 Å². The van der Waals surface area contributed by atoms with Crippen molar-refractivity contribution in [3.63, 3.8) is 0 Å². The highest BCUT2D eigenvalue weighted by atomic mass is 19.1. The van der Waals surface area contributed by atoms with Crippen molar-refractivity contribution in [2.75, 3.05) is 26.2 Å². The number of rotatable bonds is 12. The number of hydrogen-bond acceptors (Lipinski definition) is 16. The lowest BCUT2D eigenvalue weighted by molar-refractivity contribution is 0.0644. The van der Waals surface area contributed by atoms with E-state index < -0.39 is 11.6 Å². The predicted molar refractivity (Wildman–Crippen MR) is 225 cm³/mol. The maximum atomic E-state index is 14.5. The molecule has 8 rings (SSSR count). The molecule has 0 aliphatic carbocycles. The van der Waals surface area contributed by atoms with E-state index in [0.717, 1.165) is 0 Å². The van der Waals surface area contributed by atoms with Gasteiger partial charge in [-0.2, -0.15) is 31.1 Å². The second kappa shape index (κ2) is 21.1. The average molecular weight is 909 g/mol. The number of ether oxygens (including phenoxy) is 4. The number of H-pyrrole nitrogens is 2. The van der Waals surface area contributed by atoms with E-state index in [0.29, 0.717) is 85.5 Å². The molecule has 4 aromatic heterocycles. The molecule has 0 bridgehead atoms.